The number of amides is 1. The minimum atomic E-state index is -0.463. The Labute approximate surface area is 131 Å². The Kier molecular flexibility index (Phi) is 4.87. The number of carbonyl (C=O) groups is 1. The van der Waals surface area contributed by atoms with Crippen molar-refractivity contribution < 1.29 is 9.32 Å². The molecule has 0 saturated carbocycles. The van der Waals surface area contributed by atoms with Gasteiger partial charge in [-0.05, 0) is 19.3 Å². The molecule has 0 bridgehead atoms. The van der Waals surface area contributed by atoms with Crippen LogP contribution in [-0.4, -0.2) is 58.1 Å². The molecule has 1 fully saturated rings. The van der Waals surface area contributed by atoms with Gasteiger partial charge in [0.25, 0.3) is 0 Å². The van der Waals surface area contributed by atoms with Crippen molar-refractivity contribution in [1.82, 2.24) is 19.9 Å². The molecule has 0 radical (unpaired) electrons. The summed E-state index contributed by atoms with van der Waals surface area (Å²) in [5.74, 6) is 1.31. The summed E-state index contributed by atoms with van der Waals surface area (Å²) in [6.07, 6.45) is 0. The van der Waals surface area contributed by atoms with E-state index in [0.717, 1.165) is 13.1 Å². The lowest BCUT2D eigenvalue weighted by Crippen LogP contribution is -2.56. The van der Waals surface area contributed by atoms with Gasteiger partial charge in [0, 0.05) is 26.2 Å². The van der Waals surface area contributed by atoms with Crippen molar-refractivity contribution in [2.24, 2.45) is 11.1 Å². The van der Waals surface area contributed by atoms with Crippen LogP contribution in [0.2, 0.25) is 0 Å². The van der Waals surface area contributed by atoms with Crippen LogP contribution in [0.25, 0.3) is 0 Å². The molecule has 1 aliphatic heterocycles. The maximum Gasteiger partial charge on any atom is 0.243 e. The first-order valence-corrected chi connectivity index (χ1v) is 7.79. The van der Waals surface area contributed by atoms with Gasteiger partial charge in [0.15, 0.2) is 5.82 Å². The van der Waals surface area contributed by atoms with E-state index < -0.39 is 6.04 Å². The van der Waals surface area contributed by atoms with Crippen LogP contribution in [0, 0.1) is 12.3 Å². The number of aryl methyl sites for hydroxylation is 1. The van der Waals surface area contributed by atoms with Crippen molar-refractivity contribution in [1.29, 1.82) is 0 Å². The Hall–Kier alpha value is -1.47. The van der Waals surface area contributed by atoms with E-state index in [4.69, 9.17) is 10.3 Å². The van der Waals surface area contributed by atoms with E-state index in [1.54, 1.807) is 0 Å². The Balaban J connectivity index is 1.91. The fraction of sp³-hybridized carbons (Fsp3) is 0.800. The smallest absolute Gasteiger partial charge is 0.243 e. The Bertz CT molecular complexity index is 514. The summed E-state index contributed by atoms with van der Waals surface area (Å²) in [6, 6.07) is -0.398. The van der Waals surface area contributed by atoms with Gasteiger partial charge in [0.2, 0.25) is 11.8 Å². The van der Waals surface area contributed by atoms with Crippen LogP contribution in [-0.2, 0) is 4.79 Å². The standard InChI is InChI=1S/C15H27N5O2/c1-10(13-17-11(2)18-22-13)19-6-8-20(9-7-19)14(21)12(16)15(3,4)5/h10,12H,6-9,16H2,1-5H3/t10?,12-/m1/s1. The summed E-state index contributed by atoms with van der Waals surface area (Å²) in [6.45, 7) is 12.8. The van der Waals surface area contributed by atoms with Crippen molar-refractivity contribution in [2.45, 2.75) is 46.7 Å². The third-order valence-corrected chi connectivity index (χ3v) is 4.27. The molecule has 2 atom stereocenters. The minimum Gasteiger partial charge on any atom is -0.339 e. The maximum absolute atomic E-state index is 12.4. The van der Waals surface area contributed by atoms with Gasteiger partial charge in [-0.1, -0.05) is 25.9 Å². The number of carbonyl (C=O) groups excluding carboxylic acids is 1. The summed E-state index contributed by atoms with van der Waals surface area (Å²) >= 11 is 0. The van der Waals surface area contributed by atoms with E-state index in [1.165, 1.54) is 0 Å². The molecule has 7 nitrogen and oxygen atoms in total. The third-order valence-electron chi connectivity index (χ3n) is 4.27. The number of piperazine rings is 1. The van der Waals surface area contributed by atoms with Crippen LogP contribution < -0.4 is 5.73 Å². The molecule has 1 aromatic heterocycles. The predicted octanol–water partition coefficient (Wildman–Crippen LogP) is 0.957. The molecule has 0 aliphatic carbocycles. The van der Waals surface area contributed by atoms with Crippen molar-refractivity contribution in [3.63, 3.8) is 0 Å². The highest BCUT2D eigenvalue weighted by atomic mass is 16.5. The van der Waals surface area contributed by atoms with Crippen molar-refractivity contribution >= 4 is 5.91 Å². The highest BCUT2D eigenvalue weighted by Crippen LogP contribution is 2.22. The largest absolute Gasteiger partial charge is 0.339 e. The topological polar surface area (TPSA) is 88.5 Å². The van der Waals surface area contributed by atoms with Crippen LogP contribution in [0.15, 0.2) is 4.52 Å². The number of hydrogen-bond donors (Lipinski definition) is 1. The zero-order chi connectivity index (χ0) is 16.5. The molecule has 1 aromatic rings. The molecule has 1 saturated heterocycles. The fourth-order valence-electron chi connectivity index (χ4n) is 2.54. The number of nitrogens with two attached hydrogens (primary N) is 1. The lowest BCUT2D eigenvalue weighted by Gasteiger charge is -2.39. The lowest BCUT2D eigenvalue weighted by atomic mass is 9.86. The molecule has 124 valence electrons. The first-order chi connectivity index (χ1) is 10.2. The first-order valence-electron chi connectivity index (χ1n) is 7.79. The second-order valence-electron chi connectivity index (χ2n) is 7.06. The quantitative estimate of drug-likeness (QED) is 0.894. The van der Waals surface area contributed by atoms with Gasteiger partial charge < -0.3 is 15.2 Å². The highest BCUT2D eigenvalue weighted by molar-refractivity contribution is 5.82. The van der Waals surface area contributed by atoms with Gasteiger partial charge in [-0.3, -0.25) is 9.69 Å². The van der Waals surface area contributed by atoms with E-state index in [1.807, 2.05) is 39.5 Å². The molecule has 2 heterocycles. The van der Waals surface area contributed by atoms with Crippen LogP contribution >= 0.6 is 0 Å². The minimum absolute atomic E-state index is 0.0356. The summed E-state index contributed by atoms with van der Waals surface area (Å²) < 4.78 is 5.23. The highest BCUT2D eigenvalue weighted by Gasteiger charge is 2.33. The van der Waals surface area contributed by atoms with E-state index in [0.29, 0.717) is 24.8 Å². The second-order valence-corrected chi connectivity index (χ2v) is 7.06. The molecular formula is C15H27N5O2. The van der Waals surface area contributed by atoms with E-state index in [-0.39, 0.29) is 17.4 Å². The summed E-state index contributed by atoms with van der Waals surface area (Å²) in [7, 11) is 0. The number of rotatable bonds is 3. The normalized spacial score (nSPS) is 20.0. The number of hydrogen-bond acceptors (Lipinski definition) is 6. The van der Waals surface area contributed by atoms with Crippen molar-refractivity contribution in [3.05, 3.63) is 11.7 Å². The Morgan fingerprint density at radius 2 is 1.86 bits per heavy atom. The average Bonchev–Trinajstić information content (AvgIpc) is 2.90. The first kappa shape index (κ1) is 16.9. The molecule has 2 rings (SSSR count). The van der Waals surface area contributed by atoms with Gasteiger partial charge in [0.1, 0.15) is 0 Å². The predicted molar refractivity (Wildman–Crippen MR) is 83.0 cm³/mol. The molecule has 0 aromatic carbocycles. The van der Waals surface area contributed by atoms with Crippen LogP contribution in [0.1, 0.15) is 45.5 Å². The molecule has 22 heavy (non-hydrogen) atoms. The van der Waals surface area contributed by atoms with Gasteiger partial charge in [-0.25, -0.2) is 0 Å². The number of nitrogens with zero attached hydrogens (tertiary/aromatic N) is 4. The van der Waals surface area contributed by atoms with Gasteiger partial charge in [0.05, 0.1) is 12.1 Å². The van der Waals surface area contributed by atoms with Crippen LogP contribution in [0.3, 0.4) is 0 Å². The molecule has 7 heteroatoms. The summed E-state index contributed by atoms with van der Waals surface area (Å²) in [5, 5.41) is 3.83. The SMILES string of the molecule is Cc1noc(C(C)N2CCN(C(=O)[C@@H](N)C(C)(C)C)CC2)n1. The van der Waals surface area contributed by atoms with E-state index in [9.17, 15) is 4.79 Å². The molecule has 1 amide bonds. The average molecular weight is 309 g/mol. The third kappa shape index (κ3) is 3.64. The molecule has 1 unspecified atom stereocenters. The van der Waals surface area contributed by atoms with Gasteiger partial charge in [-0.2, -0.15) is 4.98 Å². The Morgan fingerprint density at radius 1 is 1.27 bits per heavy atom. The van der Waals surface area contributed by atoms with Crippen LogP contribution in [0.4, 0.5) is 0 Å². The zero-order valence-corrected chi connectivity index (χ0v) is 14.2. The molecule has 1 aliphatic rings. The molecular weight excluding hydrogens is 282 g/mol. The summed E-state index contributed by atoms with van der Waals surface area (Å²) in [4.78, 5) is 20.8. The zero-order valence-electron chi connectivity index (χ0n) is 14.2. The molecule has 0 spiro atoms. The number of aromatic nitrogens is 2. The maximum atomic E-state index is 12.4. The van der Waals surface area contributed by atoms with Gasteiger partial charge in [-0.15, -0.1) is 0 Å². The lowest BCUT2D eigenvalue weighted by molar-refractivity contribution is -0.137. The van der Waals surface area contributed by atoms with E-state index in [2.05, 4.69) is 15.0 Å². The van der Waals surface area contributed by atoms with Crippen LogP contribution in [0.5, 0.6) is 0 Å². The van der Waals surface area contributed by atoms with Gasteiger partial charge >= 0.3 is 0 Å². The summed E-state index contributed by atoms with van der Waals surface area (Å²) in [5.41, 5.74) is 5.86. The monoisotopic (exact) mass is 309 g/mol. The van der Waals surface area contributed by atoms with Crippen molar-refractivity contribution in [3.8, 4) is 0 Å². The molecule has 2 N–H and O–H groups in total. The van der Waals surface area contributed by atoms with Crippen molar-refractivity contribution in [2.75, 3.05) is 26.2 Å². The fourth-order valence-corrected chi connectivity index (χ4v) is 2.54. The van der Waals surface area contributed by atoms with E-state index >= 15 is 0 Å². The Morgan fingerprint density at radius 3 is 2.32 bits per heavy atom. The second kappa shape index (κ2) is 6.34.